The molecule has 4 aromatic rings. The number of methoxy groups -OCH3 is 1. The minimum absolute atomic E-state index is 0.176. The molecule has 1 aliphatic heterocycles. The predicted molar refractivity (Wildman–Crippen MR) is 125 cm³/mol. The molecule has 1 aromatic heterocycles. The zero-order valence-corrected chi connectivity index (χ0v) is 18.7. The van der Waals surface area contributed by atoms with Crippen molar-refractivity contribution >= 4 is 28.7 Å². The Kier molecular flexibility index (Phi) is 5.17. The van der Waals surface area contributed by atoms with E-state index in [1.807, 2.05) is 36.0 Å². The van der Waals surface area contributed by atoms with Gasteiger partial charge in [-0.2, -0.15) is 0 Å². The topological polar surface area (TPSA) is 66.8 Å². The molecule has 5 rings (SSSR count). The van der Waals surface area contributed by atoms with E-state index in [0.29, 0.717) is 22.6 Å². The quantitative estimate of drug-likeness (QED) is 0.231. The van der Waals surface area contributed by atoms with Crippen LogP contribution in [-0.4, -0.2) is 23.4 Å². The van der Waals surface area contributed by atoms with Gasteiger partial charge < -0.3 is 18.8 Å². The zero-order valence-electron chi connectivity index (χ0n) is 18.7. The number of hydrogen-bond donors (Lipinski definition) is 0. The Labute approximate surface area is 194 Å². The van der Waals surface area contributed by atoms with Crippen molar-refractivity contribution in [3.05, 3.63) is 94.6 Å². The highest BCUT2D eigenvalue weighted by Gasteiger charge is 2.30. The van der Waals surface area contributed by atoms with Crippen LogP contribution in [0.2, 0.25) is 0 Å². The number of esters is 1. The number of hydrogen-bond acceptors (Lipinski definition) is 5. The summed E-state index contributed by atoms with van der Waals surface area (Å²) in [5.41, 5.74) is 3.05. The number of Topliss-reactive ketones (excluding diaryl/α,β-unsaturated/α-hetero) is 1. The van der Waals surface area contributed by atoms with Crippen LogP contribution in [0.3, 0.4) is 0 Å². The molecular weight excluding hydrogens is 437 g/mol. The molecule has 6 nitrogen and oxygen atoms in total. The van der Waals surface area contributed by atoms with E-state index in [1.54, 1.807) is 26.2 Å². The molecule has 0 amide bonds. The maximum atomic E-state index is 13.1. The number of aryl methyl sites for hydroxylation is 2. The Bertz CT molecular complexity index is 1500. The Balaban J connectivity index is 1.46. The van der Waals surface area contributed by atoms with Crippen LogP contribution in [0.4, 0.5) is 4.39 Å². The minimum atomic E-state index is -0.635. The van der Waals surface area contributed by atoms with Gasteiger partial charge in [-0.3, -0.25) is 4.79 Å². The predicted octanol–water partition coefficient (Wildman–Crippen LogP) is 5.47. The maximum absolute atomic E-state index is 13.1. The van der Waals surface area contributed by atoms with E-state index in [-0.39, 0.29) is 22.9 Å². The molecule has 34 heavy (non-hydrogen) atoms. The molecule has 0 saturated carbocycles. The molecule has 1 aliphatic rings. The monoisotopic (exact) mass is 457 g/mol. The second-order valence-electron chi connectivity index (χ2n) is 8.03. The Hall–Kier alpha value is -4.39. The number of fused-ring (bicyclic) bond motifs is 2. The molecule has 0 saturated heterocycles. The van der Waals surface area contributed by atoms with Crippen molar-refractivity contribution in [3.8, 4) is 17.2 Å². The van der Waals surface area contributed by atoms with E-state index >= 15 is 0 Å². The highest BCUT2D eigenvalue weighted by Crippen LogP contribution is 2.38. The summed E-state index contributed by atoms with van der Waals surface area (Å²) in [6.07, 6.45) is 3.62. The number of nitrogens with zero attached hydrogens (tertiary/aromatic N) is 1. The Morgan fingerprint density at radius 3 is 2.56 bits per heavy atom. The largest absolute Gasteiger partial charge is 0.497 e. The number of carbonyl (C=O) groups excluding carboxylic acids is 2. The van der Waals surface area contributed by atoms with Gasteiger partial charge in [0.15, 0.2) is 5.76 Å². The number of ether oxygens (including phenoxy) is 3. The average Bonchev–Trinajstić information content (AvgIpc) is 3.30. The van der Waals surface area contributed by atoms with Crippen molar-refractivity contribution in [3.63, 3.8) is 0 Å². The highest BCUT2D eigenvalue weighted by molar-refractivity contribution is 6.16. The number of benzene rings is 3. The number of rotatable bonds is 4. The van der Waals surface area contributed by atoms with Crippen molar-refractivity contribution in [2.45, 2.75) is 6.92 Å². The number of aromatic nitrogens is 1. The molecule has 0 fully saturated rings. The van der Waals surface area contributed by atoms with Gasteiger partial charge >= 0.3 is 5.97 Å². The lowest BCUT2D eigenvalue weighted by molar-refractivity contribution is 0.0734. The third-order valence-electron chi connectivity index (χ3n) is 5.75. The summed E-state index contributed by atoms with van der Waals surface area (Å²) in [6, 6.07) is 13.9. The van der Waals surface area contributed by atoms with Gasteiger partial charge in [-0.05, 0) is 67.1 Å². The summed E-state index contributed by atoms with van der Waals surface area (Å²) in [4.78, 5) is 25.5. The Morgan fingerprint density at radius 1 is 1.06 bits per heavy atom. The lowest BCUT2D eigenvalue weighted by Crippen LogP contribution is -2.08. The second kappa shape index (κ2) is 8.19. The molecule has 0 N–H and O–H groups in total. The summed E-state index contributed by atoms with van der Waals surface area (Å²) < 4.78 is 31.7. The average molecular weight is 457 g/mol. The van der Waals surface area contributed by atoms with Gasteiger partial charge in [0, 0.05) is 35.8 Å². The number of ketones is 1. The normalized spacial score (nSPS) is 13.8. The molecule has 0 radical (unpaired) electrons. The van der Waals surface area contributed by atoms with E-state index in [9.17, 15) is 14.0 Å². The molecule has 0 unspecified atom stereocenters. The van der Waals surface area contributed by atoms with Crippen LogP contribution in [0.25, 0.3) is 17.0 Å². The van der Waals surface area contributed by atoms with Crippen LogP contribution in [0, 0.1) is 12.7 Å². The van der Waals surface area contributed by atoms with E-state index in [1.165, 1.54) is 30.3 Å². The van der Waals surface area contributed by atoms with Gasteiger partial charge in [0.25, 0.3) is 0 Å². The highest BCUT2D eigenvalue weighted by atomic mass is 19.1. The van der Waals surface area contributed by atoms with Gasteiger partial charge in [-0.25, -0.2) is 9.18 Å². The van der Waals surface area contributed by atoms with E-state index in [0.717, 1.165) is 16.5 Å². The van der Waals surface area contributed by atoms with Crippen LogP contribution in [0.1, 0.15) is 31.8 Å². The van der Waals surface area contributed by atoms with Crippen molar-refractivity contribution in [2.24, 2.45) is 7.05 Å². The third-order valence-corrected chi connectivity index (χ3v) is 5.75. The summed E-state index contributed by atoms with van der Waals surface area (Å²) in [7, 11) is 3.53. The molecule has 0 atom stereocenters. The summed E-state index contributed by atoms with van der Waals surface area (Å²) >= 11 is 0. The van der Waals surface area contributed by atoms with E-state index in [4.69, 9.17) is 14.2 Å². The zero-order chi connectivity index (χ0) is 24.0. The van der Waals surface area contributed by atoms with Gasteiger partial charge in [-0.15, -0.1) is 0 Å². The summed E-state index contributed by atoms with van der Waals surface area (Å²) in [6.45, 7) is 1.75. The molecule has 0 spiro atoms. The fraction of sp³-hybridized carbons (Fsp3) is 0.111. The Morgan fingerprint density at radius 2 is 1.82 bits per heavy atom. The second-order valence-corrected chi connectivity index (χ2v) is 8.03. The standard InChI is InChI=1S/C27H20FNO5/c1-15-10-20(33-27(31)16-4-6-18(28)7-5-16)13-23-25(15)26(30)24(34-23)11-17-14-29(2)22-9-8-19(32-3)12-21(17)22/h4-14H,1-3H3/b24-11-. The molecular formula is C27H20FNO5. The molecule has 7 heteroatoms. The molecule has 170 valence electrons. The third kappa shape index (κ3) is 3.71. The molecule has 2 heterocycles. The van der Waals surface area contributed by atoms with E-state index in [2.05, 4.69) is 0 Å². The fourth-order valence-electron chi connectivity index (χ4n) is 4.07. The van der Waals surface area contributed by atoms with Crippen molar-refractivity contribution in [1.29, 1.82) is 0 Å². The molecule has 0 aliphatic carbocycles. The summed E-state index contributed by atoms with van der Waals surface area (Å²) in [5.74, 6) is 0.110. The smallest absolute Gasteiger partial charge is 0.343 e. The van der Waals surface area contributed by atoms with Gasteiger partial charge in [0.1, 0.15) is 23.1 Å². The lowest BCUT2D eigenvalue weighted by atomic mass is 10.0. The maximum Gasteiger partial charge on any atom is 0.343 e. The number of halogens is 1. The van der Waals surface area contributed by atoms with Gasteiger partial charge in [-0.1, -0.05) is 0 Å². The first kappa shape index (κ1) is 21.5. The molecule has 3 aromatic carbocycles. The number of allylic oxidation sites excluding steroid dienone is 1. The fourth-order valence-corrected chi connectivity index (χ4v) is 4.07. The SMILES string of the molecule is COc1ccc2c(c1)c(/C=C1\Oc3cc(OC(=O)c4ccc(F)cc4)cc(C)c3C1=O)cn2C. The number of carbonyl (C=O) groups is 2. The van der Waals surface area contributed by atoms with Crippen LogP contribution in [0.5, 0.6) is 17.2 Å². The summed E-state index contributed by atoms with van der Waals surface area (Å²) in [5, 5.41) is 0.923. The van der Waals surface area contributed by atoms with Crippen molar-refractivity contribution < 1.29 is 28.2 Å². The molecule has 0 bridgehead atoms. The first-order valence-electron chi connectivity index (χ1n) is 10.5. The van der Waals surface area contributed by atoms with Gasteiger partial charge in [0.2, 0.25) is 5.78 Å². The van der Waals surface area contributed by atoms with Crippen LogP contribution < -0.4 is 14.2 Å². The van der Waals surface area contributed by atoms with Crippen LogP contribution in [0.15, 0.2) is 66.6 Å². The first-order valence-corrected chi connectivity index (χ1v) is 10.5. The van der Waals surface area contributed by atoms with Crippen LogP contribution in [-0.2, 0) is 7.05 Å². The lowest BCUT2D eigenvalue weighted by Gasteiger charge is -2.07. The minimum Gasteiger partial charge on any atom is -0.497 e. The van der Waals surface area contributed by atoms with Crippen molar-refractivity contribution in [2.75, 3.05) is 7.11 Å². The van der Waals surface area contributed by atoms with Crippen LogP contribution >= 0.6 is 0 Å². The van der Waals surface area contributed by atoms with Gasteiger partial charge in [0.05, 0.1) is 18.2 Å². The van der Waals surface area contributed by atoms with E-state index < -0.39 is 11.8 Å². The van der Waals surface area contributed by atoms with Crippen molar-refractivity contribution in [1.82, 2.24) is 4.57 Å². The first-order chi connectivity index (χ1) is 16.3.